The number of hydrogen-bond acceptors (Lipinski definition) is 2. The van der Waals surface area contributed by atoms with Crippen LogP contribution in [0.5, 0.6) is 0 Å². The second-order valence-electron chi connectivity index (χ2n) is 7.98. The summed E-state index contributed by atoms with van der Waals surface area (Å²) in [6.07, 6.45) is 4.67. The minimum absolute atomic E-state index is 0.0629. The summed E-state index contributed by atoms with van der Waals surface area (Å²) in [5.41, 5.74) is 1.10. The minimum atomic E-state index is -0.0629. The molecule has 0 saturated carbocycles. The molecule has 142 valence electrons. The lowest BCUT2D eigenvalue weighted by molar-refractivity contribution is -0.142. The van der Waals surface area contributed by atoms with E-state index in [9.17, 15) is 9.59 Å². The highest BCUT2D eigenvalue weighted by molar-refractivity contribution is 5.84. The maximum absolute atomic E-state index is 13.0. The first-order valence-electron chi connectivity index (χ1n) is 10.2. The van der Waals surface area contributed by atoms with E-state index in [1.54, 1.807) is 0 Å². The number of nitrogens with zero attached hydrogens (tertiary/aromatic N) is 2. The first-order chi connectivity index (χ1) is 12.6. The average molecular weight is 357 g/mol. The van der Waals surface area contributed by atoms with Gasteiger partial charge in [0.15, 0.2) is 0 Å². The predicted octanol–water partition coefficient (Wildman–Crippen LogP) is 3.68. The molecule has 26 heavy (non-hydrogen) atoms. The zero-order chi connectivity index (χ0) is 18.5. The van der Waals surface area contributed by atoms with Gasteiger partial charge in [-0.3, -0.25) is 9.59 Å². The fourth-order valence-electron chi connectivity index (χ4n) is 4.29. The van der Waals surface area contributed by atoms with Gasteiger partial charge in [0.1, 0.15) is 0 Å². The van der Waals surface area contributed by atoms with Crippen molar-refractivity contribution in [3.63, 3.8) is 0 Å². The molecular formula is C22H32N2O2. The molecular weight excluding hydrogens is 324 g/mol. The molecule has 0 unspecified atom stereocenters. The molecule has 0 bridgehead atoms. The van der Waals surface area contributed by atoms with E-state index < -0.39 is 0 Å². The molecule has 4 heteroatoms. The molecule has 0 radical (unpaired) electrons. The molecule has 2 aliphatic rings. The van der Waals surface area contributed by atoms with Crippen molar-refractivity contribution in [2.24, 2.45) is 11.8 Å². The summed E-state index contributed by atoms with van der Waals surface area (Å²) >= 11 is 0. The number of benzene rings is 1. The Morgan fingerprint density at radius 1 is 0.962 bits per heavy atom. The molecule has 0 aromatic heterocycles. The van der Waals surface area contributed by atoms with Gasteiger partial charge in [-0.05, 0) is 43.6 Å². The van der Waals surface area contributed by atoms with Gasteiger partial charge in [-0.2, -0.15) is 0 Å². The maximum Gasteiger partial charge on any atom is 0.230 e. The van der Waals surface area contributed by atoms with Crippen molar-refractivity contribution in [3.8, 4) is 0 Å². The number of likely N-dealkylation sites (tertiary alicyclic amines) is 2. The lowest BCUT2D eigenvalue weighted by Crippen LogP contribution is -2.47. The molecule has 2 amide bonds. The van der Waals surface area contributed by atoms with Crippen molar-refractivity contribution < 1.29 is 9.59 Å². The Kier molecular flexibility index (Phi) is 6.33. The monoisotopic (exact) mass is 356 g/mol. The van der Waals surface area contributed by atoms with Gasteiger partial charge < -0.3 is 9.80 Å². The van der Waals surface area contributed by atoms with E-state index in [0.717, 1.165) is 56.7 Å². The van der Waals surface area contributed by atoms with Gasteiger partial charge in [0.2, 0.25) is 11.8 Å². The van der Waals surface area contributed by atoms with Crippen molar-refractivity contribution in [2.75, 3.05) is 26.2 Å². The summed E-state index contributed by atoms with van der Waals surface area (Å²) in [6, 6.07) is 10.1. The molecule has 4 nitrogen and oxygen atoms in total. The topological polar surface area (TPSA) is 40.6 Å². The molecule has 0 aliphatic carbocycles. The standard InChI is InChI=1S/C22H32N2O2/c1-3-20(18-7-5-4-6-8-18)22(26)24-15-11-19(12-16-24)21(25)23-13-9-17(2)10-14-23/h4-8,17,19-20H,3,9-16H2,1-2H3/t20-/m0/s1. The third kappa shape index (κ3) is 4.28. The summed E-state index contributed by atoms with van der Waals surface area (Å²) in [5.74, 6) is 1.31. The van der Waals surface area contributed by atoms with Crippen molar-refractivity contribution >= 4 is 11.8 Å². The molecule has 2 fully saturated rings. The van der Waals surface area contributed by atoms with Gasteiger partial charge in [-0.1, -0.05) is 44.2 Å². The number of rotatable bonds is 4. The van der Waals surface area contributed by atoms with Crippen LogP contribution in [0.3, 0.4) is 0 Å². The Balaban J connectivity index is 1.54. The Morgan fingerprint density at radius 3 is 2.12 bits per heavy atom. The summed E-state index contributed by atoms with van der Waals surface area (Å²) in [7, 11) is 0. The second kappa shape index (κ2) is 8.70. The van der Waals surface area contributed by atoms with Crippen LogP contribution in [0.15, 0.2) is 30.3 Å². The van der Waals surface area contributed by atoms with Crippen molar-refractivity contribution in [2.45, 2.75) is 51.9 Å². The SMILES string of the molecule is CC[C@H](C(=O)N1CCC(C(=O)N2CCC(C)CC2)CC1)c1ccccc1. The molecule has 3 rings (SSSR count). The summed E-state index contributed by atoms with van der Waals surface area (Å²) in [6.45, 7) is 7.58. The van der Waals surface area contributed by atoms with E-state index in [2.05, 4.69) is 18.7 Å². The Hall–Kier alpha value is -1.84. The van der Waals surface area contributed by atoms with Gasteiger partial charge in [0.05, 0.1) is 5.92 Å². The van der Waals surface area contributed by atoms with Crippen LogP contribution in [0.4, 0.5) is 0 Å². The normalized spacial score (nSPS) is 20.8. The van der Waals surface area contributed by atoms with Crippen molar-refractivity contribution in [1.82, 2.24) is 9.80 Å². The zero-order valence-electron chi connectivity index (χ0n) is 16.2. The van der Waals surface area contributed by atoms with Crippen molar-refractivity contribution in [1.29, 1.82) is 0 Å². The molecule has 0 spiro atoms. The van der Waals surface area contributed by atoms with E-state index in [1.807, 2.05) is 35.2 Å². The molecule has 0 N–H and O–H groups in total. The smallest absolute Gasteiger partial charge is 0.230 e. The fourth-order valence-corrected chi connectivity index (χ4v) is 4.29. The number of amides is 2. The van der Waals surface area contributed by atoms with Gasteiger partial charge >= 0.3 is 0 Å². The van der Waals surface area contributed by atoms with E-state index in [4.69, 9.17) is 0 Å². The van der Waals surface area contributed by atoms with Gasteiger partial charge in [-0.25, -0.2) is 0 Å². The third-order valence-electron chi connectivity index (χ3n) is 6.16. The summed E-state index contributed by atoms with van der Waals surface area (Å²) in [5, 5.41) is 0. The minimum Gasteiger partial charge on any atom is -0.342 e. The van der Waals surface area contributed by atoms with Crippen LogP contribution in [-0.2, 0) is 9.59 Å². The van der Waals surface area contributed by atoms with Gasteiger partial charge in [0.25, 0.3) is 0 Å². The fraction of sp³-hybridized carbons (Fsp3) is 0.636. The zero-order valence-corrected chi connectivity index (χ0v) is 16.2. The molecule has 2 aliphatic heterocycles. The van der Waals surface area contributed by atoms with E-state index in [0.29, 0.717) is 19.0 Å². The van der Waals surface area contributed by atoms with Crippen LogP contribution in [0.1, 0.15) is 57.4 Å². The number of piperidine rings is 2. The van der Waals surface area contributed by atoms with E-state index >= 15 is 0 Å². The number of carbonyl (C=O) groups is 2. The highest BCUT2D eigenvalue weighted by Crippen LogP contribution is 2.27. The maximum atomic E-state index is 13.0. The van der Waals surface area contributed by atoms with Crippen LogP contribution in [-0.4, -0.2) is 47.8 Å². The van der Waals surface area contributed by atoms with Crippen LogP contribution >= 0.6 is 0 Å². The number of carbonyl (C=O) groups excluding carboxylic acids is 2. The number of hydrogen-bond donors (Lipinski definition) is 0. The lowest BCUT2D eigenvalue weighted by Gasteiger charge is -2.37. The van der Waals surface area contributed by atoms with Gasteiger partial charge in [-0.15, -0.1) is 0 Å². The first kappa shape index (κ1) is 18.9. The van der Waals surface area contributed by atoms with Crippen LogP contribution in [0.2, 0.25) is 0 Å². The second-order valence-corrected chi connectivity index (χ2v) is 7.98. The predicted molar refractivity (Wildman–Crippen MR) is 104 cm³/mol. The molecule has 2 saturated heterocycles. The van der Waals surface area contributed by atoms with Crippen LogP contribution < -0.4 is 0 Å². The summed E-state index contributed by atoms with van der Waals surface area (Å²) < 4.78 is 0. The van der Waals surface area contributed by atoms with E-state index in [-0.39, 0.29) is 17.7 Å². The van der Waals surface area contributed by atoms with Crippen molar-refractivity contribution in [3.05, 3.63) is 35.9 Å². The third-order valence-corrected chi connectivity index (χ3v) is 6.16. The van der Waals surface area contributed by atoms with Gasteiger partial charge in [0, 0.05) is 32.1 Å². The average Bonchev–Trinajstić information content (AvgIpc) is 2.69. The largest absolute Gasteiger partial charge is 0.342 e. The van der Waals surface area contributed by atoms with E-state index in [1.165, 1.54) is 0 Å². The molecule has 2 heterocycles. The lowest BCUT2D eigenvalue weighted by atomic mass is 9.90. The Bertz CT molecular complexity index is 600. The van der Waals surface area contributed by atoms with Crippen LogP contribution in [0, 0.1) is 11.8 Å². The first-order valence-corrected chi connectivity index (χ1v) is 10.2. The molecule has 1 aromatic rings. The Labute approximate surface area is 157 Å². The molecule has 1 aromatic carbocycles. The summed E-state index contributed by atoms with van der Waals surface area (Å²) in [4.78, 5) is 29.8. The highest BCUT2D eigenvalue weighted by Gasteiger charge is 2.33. The highest BCUT2D eigenvalue weighted by atomic mass is 16.2. The van der Waals surface area contributed by atoms with Crippen LogP contribution in [0.25, 0.3) is 0 Å². The quantitative estimate of drug-likeness (QED) is 0.826. The Morgan fingerprint density at radius 2 is 1.54 bits per heavy atom. The molecule has 1 atom stereocenters.